The molecule has 0 fully saturated rings. The van der Waals surface area contributed by atoms with Crippen LogP contribution in [-0.4, -0.2) is 0 Å². The Kier molecular flexibility index (Phi) is 7.96. The van der Waals surface area contributed by atoms with E-state index in [9.17, 15) is 0 Å². The molecule has 0 saturated carbocycles. The topological polar surface area (TPSA) is 26.0 Å². The van der Waals surface area contributed by atoms with Crippen molar-refractivity contribution in [1.29, 1.82) is 0 Å². The minimum atomic E-state index is 0.103. The Balaban J connectivity index is 2.29. The molecule has 0 bridgehead atoms. The van der Waals surface area contributed by atoms with Gasteiger partial charge in [-0.3, -0.25) is 0 Å². The first kappa shape index (κ1) is 16.0. The van der Waals surface area contributed by atoms with E-state index >= 15 is 0 Å². The summed E-state index contributed by atoms with van der Waals surface area (Å²) in [5.74, 6) is 0. The van der Waals surface area contributed by atoms with E-state index in [1.807, 2.05) is 12.1 Å². The maximum absolute atomic E-state index is 6.19. The molecule has 0 aliphatic rings. The van der Waals surface area contributed by atoms with Crippen molar-refractivity contribution >= 4 is 27.5 Å². The standard InChI is InChI=1S/C15H23BrClN/c1-2-3-4-5-6-7-8-15(18)12-9-13(16)11-14(17)10-12/h9-11,15H,2-8,18H2,1H3. The van der Waals surface area contributed by atoms with Gasteiger partial charge in [-0.2, -0.15) is 0 Å². The number of unbranched alkanes of at least 4 members (excludes halogenated alkanes) is 5. The summed E-state index contributed by atoms with van der Waals surface area (Å²) in [4.78, 5) is 0. The van der Waals surface area contributed by atoms with Crippen molar-refractivity contribution in [2.45, 2.75) is 57.9 Å². The van der Waals surface area contributed by atoms with Gasteiger partial charge in [0, 0.05) is 15.5 Å². The molecule has 0 heterocycles. The molecule has 1 aromatic carbocycles. The lowest BCUT2D eigenvalue weighted by Crippen LogP contribution is -2.10. The van der Waals surface area contributed by atoms with Gasteiger partial charge in [-0.1, -0.05) is 73.0 Å². The maximum atomic E-state index is 6.19. The number of benzene rings is 1. The van der Waals surface area contributed by atoms with E-state index in [0.717, 1.165) is 21.5 Å². The van der Waals surface area contributed by atoms with Crippen molar-refractivity contribution in [3.63, 3.8) is 0 Å². The Morgan fingerprint density at radius 3 is 2.44 bits per heavy atom. The van der Waals surface area contributed by atoms with Gasteiger partial charge in [0.05, 0.1) is 0 Å². The van der Waals surface area contributed by atoms with Crippen molar-refractivity contribution < 1.29 is 0 Å². The Morgan fingerprint density at radius 2 is 1.78 bits per heavy atom. The third-order valence-corrected chi connectivity index (χ3v) is 3.86. The molecule has 1 atom stereocenters. The van der Waals surface area contributed by atoms with E-state index < -0.39 is 0 Å². The first-order valence-electron chi connectivity index (χ1n) is 6.85. The summed E-state index contributed by atoms with van der Waals surface area (Å²) in [6.07, 6.45) is 8.88. The largest absolute Gasteiger partial charge is 0.324 e. The Hall–Kier alpha value is -0.0500. The van der Waals surface area contributed by atoms with Crippen molar-refractivity contribution in [2.24, 2.45) is 5.73 Å². The number of rotatable bonds is 8. The van der Waals surface area contributed by atoms with Gasteiger partial charge in [0.2, 0.25) is 0 Å². The zero-order chi connectivity index (χ0) is 13.4. The lowest BCUT2D eigenvalue weighted by atomic mass is 10.0. The monoisotopic (exact) mass is 331 g/mol. The molecule has 0 spiro atoms. The maximum Gasteiger partial charge on any atom is 0.0420 e. The van der Waals surface area contributed by atoms with Crippen LogP contribution >= 0.6 is 27.5 Å². The fraction of sp³-hybridized carbons (Fsp3) is 0.600. The zero-order valence-electron chi connectivity index (χ0n) is 11.1. The van der Waals surface area contributed by atoms with E-state index in [2.05, 4.69) is 28.9 Å². The molecule has 0 aromatic heterocycles. The number of halogens is 2. The molecule has 0 aliphatic heterocycles. The zero-order valence-corrected chi connectivity index (χ0v) is 13.4. The van der Waals surface area contributed by atoms with Crippen LogP contribution in [-0.2, 0) is 0 Å². The van der Waals surface area contributed by atoms with Crippen molar-refractivity contribution in [3.05, 3.63) is 33.3 Å². The number of hydrogen-bond donors (Lipinski definition) is 1. The lowest BCUT2D eigenvalue weighted by molar-refractivity contribution is 0.547. The predicted molar refractivity (Wildman–Crippen MR) is 84.1 cm³/mol. The van der Waals surface area contributed by atoms with Gasteiger partial charge >= 0.3 is 0 Å². The fourth-order valence-electron chi connectivity index (χ4n) is 2.10. The molecule has 102 valence electrons. The van der Waals surface area contributed by atoms with E-state index in [4.69, 9.17) is 17.3 Å². The van der Waals surface area contributed by atoms with Crippen LogP contribution < -0.4 is 5.73 Å². The second-order valence-electron chi connectivity index (χ2n) is 4.87. The van der Waals surface area contributed by atoms with Crippen LogP contribution in [0.5, 0.6) is 0 Å². The summed E-state index contributed by atoms with van der Waals surface area (Å²) in [5, 5.41) is 0.748. The first-order chi connectivity index (χ1) is 8.63. The fourth-order valence-corrected chi connectivity index (χ4v) is 2.99. The highest BCUT2D eigenvalue weighted by molar-refractivity contribution is 9.10. The Labute approximate surface area is 124 Å². The lowest BCUT2D eigenvalue weighted by Gasteiger charge is -2.13. The number of hydrogen-bond acceptors (Lipinski definition) is 1. The summed E-state index contributed by atoms with van der Waals surface area (Å²) in [7, 11) is 0. The summed E-state index contributed by atoms with van der Waals surface area (Å²) in [5.41, 5.74) is 7.32. The molecule has 0 saturated heterocycles. The molecular weight excluding hydrogens is 310 g/mol. The van der Waals surface area contributed by atoms with Crippen molar-refractivity contribution in [2.75, 3.05) is 0 Å². The van der Waals surface area contributed by atoms with Gasteiger partial charge in [-0.25, -0.2) is 0 Å². The van der Waals surface area contributed by atoms with Gasteiger partial charge in [0.25, 0.3) is 0 Å². The van der Waals surface area contributed by atoms with Gasteiger partial charge in [-0.05, 0) is 30.2 Å². The van der Waals surface area contributed by atoms with Crippen molar-refractivity contribution in [1.82, 2.24) is 0 Å². The molecule has 1 aromatic rings. The van der Waals surface area contributed by atoms with Crippen molar-refractivity contribution in [3.8, 4) is 0 Å². The molecule has 1 unspecified atom stereocenters. The van der Waals surface area contributed by atoms with Gasteiger partial charge in [0.1, 0.15) is 0 Å². The van der Waals surface area contributed by atoms with Crippen LogP contribution in [0.3, 0.4) is 0 Å². The molecule has 0 amide bonds. The van der Waals surface area contributed by atoms with Crippen LogP contribution in [0.1, 0.15) is 63.5 Å². The number of nitrogens with two attached hydrogens (primary N) is 1. The third kappa shape index (κ3) is 6.21. The molecule has 0 aliphatic carbocycles. The van der Waals surface area contributed by atoms with Gasteiger partial charge < -0.3 is 5.73 Å². The normalized spacial score (nSPS) is 12.7. The van der Waals surface area contributed by atoms with Crippen LogP contribution in [0, 0.1) is 0 Å². The average Bonchev–Trinajstić information content (AvgIpc) is 2.32. The smallest absolute Gasteiger partial charge is 0.0420 e. The van der Waals surface area contributed by atoms with Gasteiger partial charge in [0.15, 0.2) is 0 Å². The van der Waals surface area contributed by atoms with E-state index in [-0.39, 0.29) is 6.04 Å². The molecule has 2 N–H and O–H groups in total. The van der Waals surface area contributed by atoms with Crippen LogP contribution in [0.2, 0.25) is 5.02 Å². The molecule has 1 rings (SSSR count). The van der Waals surface area contributed by atoms with Gasteiger partial charge in [-0.15, -0.1) is 0 Å². The van der Waals surface area contributed by atoms with E-state index in [1.165, 1.54) is 38.5 Å². The minimum Gasteiger partial charge on any atom is -0.324 e. The van der Waals surface area contributed by atoms with Crippen LogP contribution in [0.15, 0.2) is 22.7 Å². The highest BCUT2D eigenvalue weighted by Crippen LogP contribution is 2.25. The molecule has 1 nitrogen and oxygen atoms in total. The summed E-state index contributed by atoms with van der Waals surface area (Å²) >= 11 is 9.48. The highest BCUT2D eigenvalue weighted by atomic mass is 79.9. The van der Waals surface area contributed by atoms with Crippen LogP contribution in [0.4, 0.5) is 0 Å². The Morgan fingerprint density at radius 1 is 1.11 bits per heavy atom. The quantitative estimate of drug-likeness (QED) is 0.593. The molecule has 18 heavy (non-hydrogen) atoms. The van der Waals surface area contributed by atoms with E-state index in [1.54, 1.807) is 0 Å². The predicted octanol–water partition coefficient (Wildman–Crippen LogP) is 5.85. The average molecular weight is 333 g/mol. The summed E-state index contributed by atoms with van der Waals surface area (Å²) < 4.78 is 1.00. The molecule has 3 heteroatoms. The molecule has 0 radical (unpaired) electrons. The second-order valence-corrected chi connectivity index (χ2v) is 6.22. The second kappa shape index (κ2) is 8.95. The first-order valence-corrected chi connectivity index (χ1v) is 8.02. The summed E-state index contributed by atoms with van der Waals surface area (Å²) in [6.45, 7) is 2.24. The highest BCUT2D eigenvalue weighted by Gasteiger charge is 2.07. The SMILES string of the molecule is CCCCCCCCC(N)c1cc(Cl)cc(Br)c1. The minimum absolute atomic E-state index is 0.103. The van der Waals surface area contributed by atoms with E-state index in [0.29, 0.717) is 0 Å². The Bertz CT molecular complexity index is 334. The molecular formula is C15H23BrClN. The van der Waals surface area contributed by atoms with Crippen LogP contribution in [0.25, 0.3) is 0 Å². The summed E-state index contributed by atoms with van der Waals surface area (Å²) in [6, 6.07) is 6.02. The third-order valence-electron chi connectivity index (χ3n) is 3.18.